The van der Waals surface area contributed by atoms with Crippen molar-refractivity contribution in [3.63, 3.8) is 0 Å². The molecule has 2 rings (SSSR count). The molecule has 1 aliphatic heterocycles. The van der Waals surface area contributed by atoms with Crippen LogP contribution in [-0.2, 0) is 0 Å². The molecule has 1 aliphatic rings. The van der Waals surface area contributed by atoms with E-state index in [2.05, 4.69) is 9.88 Å². The Morgan fingerprint density at radius 1 is 1.65 bits per heavy atom. The van der Waals surface area contributed by atoms with Crippen molar-refractivity contribution in [1.29, 1.82) is 0 Å². The fourth-order valence-corrected chi connectivity index (χ4v) is 3.14. The number of primary amides is 1. The van der Waals surface area contributed by atoms with E-state index in [1.807, 2.05) is 18.8 Å². The van der Waals surface area contributed by atoms with E-state index in [0.717, 1.165) is 18.0 Å². The molecule has 0 radical (unpaired) electrons. The molecular weight excluding hydrogens is 236 g/mol. The average Bonchev–Trinajstić information content (AvgIpc) is 2.81. The highest BCUT2D eigenvalue weighted by molar-refractivity contribution is 7.99. The lowest BCUT2D eigenvalue weighted by atomic mass is 10.2. The summed E-state index contributed by atoms with van der Waals surface area (Å²) in [4.78, 5) is 17.5. The van der Waals surface area contributed by atoms with E-state index in [4.69, 9.17) is 11.5 Å². The number of thioether (sulfide) groups is 1. The number of anilines is 2. The van der Waals surface area contributed by atoms with Gasteiger partial charge in [-0.3, -0.25) is 4.79 Å². The molecule has 1 atom stereocenters. The number of nitrogens with zero attached hydrogens (tertiary/aromatic N) is 2. The summed E-state index contributed by atoms with van der Waals surface area (Å²) in [7, 11) is 1.99. The highest BCUT2D eigenvalue weighted by Gasteiger charge is 2.22. The maximum Gasteiger partial charge on any atom is 0.250 e. The maximum absolute atomic E-state index is 11.2. The number of pyridine rings is 1. The number of carbonyl (C=O) groups excluding carboxylic acids is 1. The lowest BCUT2D eigenvalue weighted by molar-refractivity contribution is 0.100. The summed E-state index contributed by atoms with van der Waals surface area (Å²) in [5.74, 6) is 2.50. The van der Waals surface area contributed by atoms with Crippen molar-refractivity contribution in [1.82, 2.24) is 4.98 Å². The van der Waals surface area contributed by atoms with Gasteiger partial charge in [-0.2, -0.15) is 11.8 Å². The Labute approximate surface area is 105 Å². The molecule has 92 valence electrons. The Morgan fingerprint density at radius 2 is 2.41 bits per heavy atom. The highest BCUT2D eigenvalue weighted by atomic mass is 32.2. The van der Waals surface area contributed by atoms with Gasteiger partial charge in [0.15, 0.2) is 0 Å². The summed E-state index contributed by atoms with van der Waals surface area (Å²) >= 11 is 1.93. The first-order chi connectivity index (χ1) is 8.09. The molecule has 0 bridgehead atoms. The van der Waals surface area contributed by atoms with Crippen molar-refractivity contribution in [2.24, 2.45) is 5.73 Å². The summed E-state index contributed by atoms with van der Waals surface area (Å²) in [6.07, 6.45) is 2.63. The predicted octanol–water partition coefficient (Wildman–Crippen LogP) is 0.704. The van der Waals surface area contributed by atoms with Gasteiger partial charge in [0.25, 0.3) is 5.91 Å². The number of hydrogen-bond donors (Lipinski definition) is 2. The van der Waals surface area contributed by atoms with Crippen LogP contribution in [0.25, 0.3) is 0 Å². The van der Waals surface area contributed by atoms with Crippen molar-refractivity contribution >= 4 is 29.2 Å². The average molecular weight is 252 g/mol. The van der Waals surface area contributed by atoms with Crippen LogP contribution < -0.4 is 16.4 Å². The zero-order valence-corrected chi connectivity index (χ0v) is 10.5. The van der Waals surface area contributed by atoms with Gasteiger partial charge in [0.1, 0.15) is 5.82 Å². The lowest BCUT2D eigenvalue weighted by Gasteiger charge is -2.25. The van der Waals surface area contributed by atoms with Gasteiger partial charge in [0.2, 0.25) is 0 Å². The van der Waals surface area contributed by atoms with E-state index >= 15 is 0 Å². The molecule has 0 aliphatic carbocycles. The number of rotatable bonds is 3. The molecule has 6 heteroatoms. The Kier molecular flexibility index (Phi) is 3.42. The van der Waals surface area contributed by atoms with Gasteiger partial charge >= 0.3 is 0 Å². The van der Waals surface area contributed by atoms with E-state index in [-0.39, 0.29) is 0 Å². The van der Waals surface area contributed by atoms with Gasteiger partial charge in [0, 0.05) is 18.8 Å². The molecule has 1 fully saturated rings. The number of hydrogen-bond acceptors (Lipinski definition) is 5. The number of amides is 1. The minimum absolute atomic E-state index is 0.329. The summed E-state index contributed by atoms with van der Waals surface area (Å²) in [6, 6.07) is 2.14. The van der Waals surface area contributed by atoms with E-state index in [1.165, 1.54) is 11.9 Å². The third-order valence-corrected chi connectivity index (χ3v) is 4.15. The van der Waals surface area contributed by atoms with Crippen molar-refractivity contribution in [3.8, 4) is 0 Å². The molecule has 1 unspecified atom stereocenters. The number of nitrogen functional groups attached to an aromatic ring is 1. The molecule has 1 aromatic heterocycles. The third kappa shape index (κ3) is 2.46. The first-order valence-corrected chi connectivity index (χ1v) is 6.61. The molecule has 0 spiro atoms. The van der Waals surface area contributed by atoms with Crippen LogP contribution >= 0.6 is 11.8 Å². The van der Waals surface area contributed by atoms with Crippen molar-refractivity contribution in [2.75, 3.05) is 29.2 Å². The third-order valence-electron chi connectivity index (χ3n) is 3.00. The number of nitrogens with two attached hydrogens (primary N) is 2. The molecule has 1 amide bonds. The Balaban J connectivity index is 2.26. The van der Waals surface area contributed by atoms with Crippen LogP contribution in [0.2, 0.25) is 0 Å². The van der Waals surface area contributed by atoms with E-state index in [0.29, 0.717) is 17.3 Å². The van der Waals surface area contributed by atoms with Crippen LogP contribution in [-0.4, -0.2) is 35.5 Å². The van der Waals surface area contributed by atoms with Crippen LogP contribution in [0.15, 0.2) is 12.3 Å². The fourth-order valence-electron chi connectivity index (χ4n) is 1.88. The predicted molar refractivity (Wildman–Crippen MR) is 71.3 cm³/mol. The molecule has 0 saturated carbocycles. The molecule has 2 heterocycles. The van der Waals surface area contributed by atoms with Crippen LogP contribution in [0, 0.1) is 0 Å². The topological polar surface area (TPSA) is 85.2 Å². The van der Waals surface area contributed by atoms with Crippen LogP contribution in [0.5, 0.6) is 0 Å². The number of carbonyl (C=O) groups is 1. The second-order valence-corrected chi connectivity index (χ2v) is 5.27. The van der Waals surface area contributed by atoms with Gasteiger partial charge in [-0.25, -0.2) is 4.98 Å². The Hall–Kier alpha value is -1.43. The largest absolute Gasteiger partial charge is 0.397 e. The Bertz CT molecular complexity index is 431. The molecule has 1 aromatic rings. The van der Waals surface area contributed by atoms with E-state index in [1.54, 1.807) is 6.07 Å². The second kappa shape index (κ2) is 4.83. The summed E-state index contributed by atoms with van der Waals surface area (Å²) in [5, 5.41) is 0. The van der Waals surface area contributed by atoms with Crippen LogP contribution in [0.4, 0.5) is 11.5 Å². The minimum atomic E-state index is -0.514. The van der Waals surface area contributed by atoms with E-state index < -0.39 is 5.91 Å². The zero-order chi connectivity index (χ0) is 12.4. The van der Waals surface area contributed by atoms with Gasteiger partial charge in [-0.05, 0) is 18.2 Å². The molecule has 1 saturated heterocycles. The molecule has 0 aromatic carbocycles. The van der Waals surface area contributed by atoms with E-state index in [9.17, 15) is 4.79 Å². The van der Waals surface area contributed by atoms with Crippen molar-refractivity contribution in [2.45, 2.75) is 12.5 Å². The van der Waals surface area contributed by atoms with Crippen molar-refractivity contribution < 1.29 is 4.79 Å². The smallest absolute Gasteiger partial charge is 0.250 e. The Morgan fingerprint density at radius 3 is 3.00 bits per heavy atom. The normalized spacial score (nSPS) is 19.2. The first kappa shape index (κ1) is 12.0. The monoisotopic (exact) mass is 252 g/mol. The summed E-state index contributed by atoms with van der Waals surface area (Å²) in [5.41, 5.74) is 11.6. The molecule has 4 N–H and O–H groups in total. The van der Waals surface area contributed by atoms with Crippen molar-refractivity contribution in [3.05, 3.63) is 17.8 Å². The fraction of sp³-hybridized carbons (Fsp3) is 0.455. The molecule has 17 heavy (non-hydrogen) atoms. The SMILES string of the molecule is CN(c1cc(C(N)=O)c(N)cn1)C1CCSC1. The molecular formula is C11H16N4OS. The number of aromatic nitrogens is 1. The van der Waals surface area contributed by atoms with Gasteiger partial charge < -0.3 is 16.4 Å². The first-order valence-electron chi connectivity index (χ1n) is 5.45. The second-order valence-electron chi connectivity index (χ2n) is 4.12. The van der Waals surface area contributed by atoms with Crippen LogP contribution in [0.3, 0.4) is 0 Å². The minimum Gasteiger partial charge on any atom is -0.397 e. The lowest BCUT2D eigenvalue weighted by Crippen LogP contribution is -2.32. The van der Waals surface area contributed by atoms with Gasteiger partial charge in [-0.15, -0.1) is 0 Å². The zero-order valence-electron chi connectivity index (χ0n) is 9.72. The quantitative estimate of drug-likeness (QED) is 0.827. The summed E-state index contributed by atoms with van der Waals surface area (Å²) < 4.78 is 0. The standard InChI is InChI=1S/C11H16N4OS/c1-15(7-2-3-17-6-7)10-4-8(11(13)16)9(12)5-14-10/h4-5,7H,2-3,6,12H2,1H3,(H2,13,16). The highest BCUT2D eigenvalue weighted by Crippen LogP contribution is 2.26. The molecule has 5 nitrogen and oxygen atoms in total. The van der Waals surface area contributed by atoms with Gasteiger partial charge in [0.05, 0.1) is 17.4 Å². The maximum atomic E-state index is 11.2. The van der Waals surface area contributed by atoms with Crippen LogP contribution in [0.1, 0.15) is 16.8 Å². The summed E-state index contributed by atoms with van der Waals surface area (Å²) in [6.45, 7) is 0. The van der Waals surface area contributed by atoms with Gasteiger partial charge in [-0.1, -0.05) is 0 Å².